The number of esters is 1. The van der Waals surface area contributed by atoms with Crippen molar-refractivity contribution < 1.29 is 13.9 Å². The van der Waals surface area contributed by atoms with Gasteiger partial charge in [0.15, 0.2) is 0 Å². The third kappa shape index (κ3) is 2.80. The number of benzene rings is 1. The van der Waals surface area contributed by atoms with Crippen molar-refractivity contribution in [2.45, 2.75) is 20.8 Å². The molecule has 0 fully saturated rings. The maximum Gasteiger partial charge on any atom is 0.376 e. The molecule has 0 N–H and O–H groups in total. The van der Waals surface area contributed by atoms with Crippen molar-refractivity contribution in [1.82, 2.24) is 4.98 Å². The maximum absolute atomic E-state index is 11.7. The lowest BCUT2D eigenvalue weighted by molar-refractivity contribution is 0.0490. The van der Waals surface area contributed by atoms with Gasteiger partial charge in [-0.2, -0.15) is 0 Å². The van der Waals surface area contributed by atoms with E-state index in [1.807, 2.05) is 25.1 Å². The average molecular weight is 371 g/mol. The molecule has 1 heterocycles. The zero-order chi connectivity index (χ0) is 14.0. The Morgan fingerprint density at radius 3 is 2.84 bits per heavy atom. The highest BCUT2D eigenvalue weighted by Crippen LogP contribution is 2.28. The summed E-state index contributed by atoms with van der Waals surface area (Å²) in [7, 11) is 0. The topological polar surface area (TPSA) is 52.3 Å². The average Bonchev–Trinajstić information content (AvgIpc) is 2.75. The maximum atomic E-state index is 11.7. The molecule has 0 aliphatic heterocycles. The number of hydrogen-bond acceptors (Lipinski definition) is 4. The fourth-order valence-corrected chi connectivity index (χ4v) is 2.30. The van der Waals surface area contributed by atoms with E-state index < -0.39 is 5.97 Å². The second-order valence-electron chi connectivity index (χ2n) is 4.09. The molecule has 2 aromatic rings. The van der Waals surface area contributed by atoms with Gasteiger partial charge in [0.2, 0.25) is 11.7 Å². The molecule has 4 nitrogen and oxygen atoms in total. The molecule has 0 atom stereocenters. The van der Waals surface area contributed by atoms with Gasteiger partial charge in [-0.1, -0.05) is 12.1 Å². The molecular formula is C14H14INO3. The lowest BCUT2D eigenvalue weighted by Crippen LogP contribution is -2.04. The largest absolute Gasteiger partial charge is 0.460 e. The number of ether oxygens (including phenoxy) is 1. The lowest BCUT2D eigenvalue weighted by atomic mass is 10.1. The fourth-order valence-electron chi connectivity index (χ4n) is 1.71. The molecule has 2 rings (SSSR count). The molecule has 0 amide bonds. The predicted molar refractivity (Wildman–Crippen MR) is 80.1 cm³/mol. The van der Waals surface area contributed by atoms with Gasteiger partial charge in [0.05, 0.1) is 17.9 Å². The molecule has 0 saturated heterocycles. The molecule has 0 bridgehead atoms. The van der Waals surface area contributed by atoms with Crippen LogP contribution in [0.15, 0.2) is 22.6 Å². The molecule has 1 aromatic carbocycles. The second-order valence-corrected chi connectivity index (χ2v) is 5.17. The van der Waals surface area contributed by atoms with E-state index in [4.69, 9.17) is 9.15 Å². The number of rotatable bonds is 3. The fraction of sp³-hybridized carbons (Fsp3) is 0.286. The molecule has 100 valence electrons. The third-order valence-electron chi connectivity index (χ3n) is 2.68. The van der Waals surface area contributed by atoms with Crippen molar-refractivity contribution in [2.24, 2.45) is 0 Å². The quantitative estimate of drug-likeness (QED) is 0.609. The number of aromatic nitrogens is 1. The second kappa shape index (κ2) is 5.73. The SMILES string of the molecule is CCOC(=O)c1oc(-c2cccc(C)c2I)nc1C. The summed E-state index contributed by atoms with van der Waals surface area (Å²) in [6.45, 7) is 5.83. The Morgan fingerprint density at radius 2 is 2.16 bits per heavy atom. The Hall–Kier alpha value is -1.37. The summed E-state index contributed by atoms with van der Waals surface area (Å²) in [6.07, 6.45) is 0. The van der Waals surface area contributed by atoms with Gasteiger partial charge in [0.1, 0.15) is 0 Å². The van der Waals surface area contributed by atoms with Crippen molar-refractivity contribution >= 4 is 28.6 Å². The van der Waals surface area contributed by atoms with Crippen LogP contribution in [0, 0.1) is 17.4 Å². The van der Waals surface area contributed by atoms with Crippen LogP contribution in [0.2, 0.25) is 0 Å². The Kier molecular flexibility index (Phi) is 4.24. The standard InChI is InChI=1S/C14H14INO3/c1-4-18-14(17)12-9(3)16-13(19-12)10-7-5-6-8(2)11(10)15/h5-7H,4H2,1-3H3. The smallest absolute Gasteiger partial charge is 0.376 e. The van der Waals surface area contributed by atoms with Crippen LogP contribution in [0.25, 0.3) is 11.5 Å². The van der Waals surface area contributed by atoms with Gasteiger partial charge in [0.25, 0.3) is 0 Å². The summed E-state index contributed by atoms with van der Waals surface area (Å²) < 4.78 is 11.6. The molecule has 0 radical (unpaired) electrons. The number of oxazole rings is 1. The van der Waals surface area contributed by atoms with Crippen molar-refractivity contribution in [3.05, 3.63) is 38.8 Å². The van der Waals surface area contributed by atoms with Gasteiger partial charge in [-0.05, 0) is 55.0 Å². The van der Waals surface area contributed by atoms with Crippen molar-refractivity contribution in [2.75, 3.05) is 6.61 Å². The van der Waals surface area contributed by atoms with E-state index in [1.54, 1.807) is 13.8 Å². The Labute approximate surface area is 125 Å². The first-order valence-electron chi connectivity index (χ1n) is 5.94. The zero-order valence-electron chi connectivity index (χ0n) is 11.0. The van der Waals surface area contributed by atoms with Crippen LogP contribution in [0.3, 0.4) is 0 Å². The molecule has 5 heteroatoms. The normalized spacial score (nSPS) is 10.5. The summed E-state index contributed by atoms with van der Waals surface area (Å²) in [5, 5.41) is 0. The minimum atomic E-state index is -0.471. The van der Waals surface area contributed by atoms with Gasteiger partial charge in [-0.15, -0.1) is 0 Å². The molecule has 19 heavy (non-hydrogen) atoms. The van der Waals surface area contributed by atoms with E-state index in [0.717, 1.165) is 14.7 Å². The van der Waals surface area contributed by atoms with Gasteiger partial charge < -0.3 is 9.15 Å². The third-order valence-corrected chi connectivity index (χ3v) is 4.11. The van der Waals surface area contributed by atoms with Crippen LogP contribution in [-0.4, -0.2) is 17.6 Å². The predicted octanol–water partition coefficient (Wildman–Crippen LogP) is 3.74. The number of carbonyl (C=O) groups is 1. The number of hydrogen-bond donors (Lipinski definition) is 0. The number of carbonyl (C=O) groups excluding carboxylic acids is 1. The van der Waals surface area contributed by atoms with Crippen molar-refractivity contribution in [3.63, 3.8) is 0 Å². The van der Waals surface area contributed by atoms with Crippen LogP contribution in [0.1, 0.15) is 28.7 Å². The Morgan fingerprint density at radius 1 is 1.42 bits per heavy atom. The number of halogens is 1. The summed E-state index contributed by atoms with van der Waals surface area (Å²) in [5.41, 5.74) is 2.58. The summed E-state index contributed by atoms with van der Waals surface area (Å²) >= 11 is 2.25. The van der Waals surface area contributed by atoms with E-state index in [9.17, 15) is 4.79 Å². The summed E-state index contributed by atoms with van der Waals surface area (Å²) in [6, 6.07) is 5.89. The van der Waals surface area contributed by atoms with Gasteiger partial charge in [-0.3, -0.25) is 0 Å². The molecule has 0 unspecified atom stereocenters. The van der Waals surface area contributed by atoms with Crippen molar-refractivity contribution in [3.8, 4) is 11.5 Å². The Bertz CT molecular complexity index is 619. The van der Waals surface area contributed by atoms with Crippen LogP contribution >= 0.6 is 22.6 Å². The highest BCUT2D eigenvalue weighted by Gasteiger charge is 2.20. The van der Waals surface area contributed by atoms with E-state index in [2.05, 4.69) is 27.6 Å². The molecule has 0 aliphatic rings. The van der Waals surface area contributed by atoms with Gasteiger partial charge in [-0.25, -0.2) is 9.78 Å². The minimum absolute atomic E-state index is 0.175. The summed E-state index contributed by atoms with van der Waals surface area (Å²) in [5.74, 6) is 0.157. The monoisotopic (exact) mass is 371 g/mol. The van der Waals surface area contributed by atoms with E-state index in [1.165, 1.54) is 0 Å². The molecule has 1 aromatic heterocycles. The van der Waals surface area contributed by atoms with E-state index in [-0.39, 0.29) is 5.76 Å². The summed E-state index contributed by atoms with van der Waals surface area (Å²) in [4.78, 5) is 16.0. The van der Waals surface area contributed by atoms with Gasteiger partial charge in [0, 0.05) is 3.57 Å². The first-order chi connectivity index (χ1) is 9.04. The minimum Gasteiger partial charge on any atom is -0.460 e. The van der Waals surface area contributed by atoms with Crippen LogP contribution in [-0.2, 0) is 4.74 Å². The van der Waals surface area contributed by atoms with Crippen molar-refractivity contribution in [1.29, 1.82) is 0 Å². The number of nitrogens with zero attached hydrogens (tertiary/aromatic N) is 1. The van der Waals surface area contributed by atoms with E-state index in [0.29, 0.717) is 18.2 Å². The van der Waals surface area contributed by atoms with Crippen LogP contribution < -0.4 is 0 Å². The molecular weight excluding hydrogens is 357 g/mol. The first-order valence-corrected chi connectivity index (χ1v) is 7.02. The Balaban J connectivity index is 2.45. The van der Waals surface area contributed by atoms with Gasteiger partial charge >= 0.3 is 5.97 Å². The number of aryl methyl sites for hydroxylation is 2. The zero-order valence-corrected chi connectivity index (χ0v) is 13.1. The van der Waals surface area contributed by atoms with Crippen LogP contribution in [0.5, 0.6) is 0 Å². The van der Waals surface area contributed by atoms with Crippen LogP contribution in [0.4, 0.5) is 0 Å². The first kappa shape index (κ1) is 14.0. The molecule has 0 aliphatic carbocycles. The highest BCUT2D eigenvalue weighted by molar-refractivity contribution is 14.1. The molecule has 0 saturated carbocycles. The highest BCUT2D eigenvalue weighted by atomic mass is 127. The van der Waals surface area contributed by atoms with E-state index >= 15 is 0 Å². The lowest BCUT2D eigenvalue weighted by Gasteiger charge is -2.02. The molecule has 0 spiro atoms.